The molecule has 8 aromatic carbocycles. The number of rotatable bonds is 5. The van der Waals surface area contributed by atoms with E-state index in [1.165, 1.54) is 11.1 Å². The van der Waals surface area contributed by atoms with Gasteiger partial charge in [-0.25, -0.2) is 0 Å². The fraction of sp³-hybridized carbons (Fsp3) is 0.0204. The molecule has 0 atom stereocenters. The van der Waals surface area contributed by atoms with Gasteiger partial charge in [-0.1, -0.05) is 170 Å². The number of hydrogen-bond donors (Lipinski definition) is 0. The summed E-state index contributed by atoms with van der Waals surface area (Å²) in [6.07, 6.45) is 0. The summed E-state index contributed by atoms with van der Waals surface area (Å²) in [4.78, 5) is 0. The van der Waals surface area contributed by atoms with E-state index in [0.29, 0.717) is 0 Å². The molecule has 0 saturated heterocycles. The molecule has 0 saturated carbocycles. The first-order chi connectivity index (χ1) is 25.3. The number of furan rings is 1. The van der Waals surface area contributed by atoms with Crippen LogP contribution < -0.4 is 4.74 Å². The van der Waals surface area contributed by atoms with Gasteiger partial charge in [0.1, 0.15) is 22.7 Å². The highest BCUT2D eigenvalue weighted by Gasteiger charge is 2.45. The van der Waals surface area contributed by atoms with Gasteiger partial charge in [0, 0.05) is 21.9 Å². The molecule has 0 amide bonds. The molecular weight excluding hydrogens is 621 g/mol. The lowest BCUT2D eigenvalue weighted by Gasteiger charge is -2.41. The summed E-state index contributed by atoms with van der Waals surface area (Å²) in [6.45, 7) is 0. The molecule has 2 heteroatoms. The summed E-state index contributed by atoms with van der Waals surface area (Å²) >= 11 is 0. The second-order valence-electron chi connectivity index (χ2n) is 13.2. The molecule has 1 aliphatic heterocycles. The quantitative estimate of drug-likeness (QED) is 0.185. The van der Waals surface area contributed by atoms with E-state index in [9.17, 15) is 0 Å². The maximum absolute atomic E-state index is 6.85. The summed E-state index contributed by atoms with van der Waals surface area (Å²) in [5, 5.41) is 2.26. The van der Waals surface area contributed by atoms with Gasteiger partial charge in [-0.2, -0.15) is 0 Å². The Kier molecular flexibility index (Phi) is 6.75. The second-order valence-corrected chi connectivity index (χ2v) is 13.2. The van der Waals surface area contributed by atoms with Crippen LogP contribution in [0.15, 0.2) is 199 Å². The predicted octanol–water partition coefficient (Wildman–Crippen LogP) is 13.1. The topological polar surface area (TPSA) is 22.4 Å². The van der Waals surface area contributed by atoms with E-state index in [4.69, 9.17) is 9.15 Å². The monoisotopic (exact) mass is 652 g/mol. The first-order valence-corrected chi connectivity index (χ1v) is 17.4. The summed E-state index contributed by atoms with van der Waals surface area (Å²) < 4.78 is 13.1. The third-order valence-electron chi connectivity index (χ3n) is 10.5. The van der Waals surface area contributed by atoms with Crippen LogP contribution >= 0.6 is 0 Å². The molecule has 9 aromatic rings. The molecule has 10 rings (SSSR count). The summed E-state index contributed by atoms with van der Waals surface area (Å²) in [7, 11) is 0. The Morgan fingerprint density at radius 2 is 0.882 bits per heavy atom. The standard InChI is InChI=1S/C49H32O2/c1-3-16-34(17-4-1)49(35-18-5-2-6-19-35)42-26-12-14-28-45(42)51-47-32-33(30-31-43(47)49)36-20-7-8-21-37(36)38-22-9-10-23-39(38)40-25-15-29-46-48(40)41-24-11-13-27-44(41)50-46/h1-32H. The summed E-state index contributed by atoms with van der Waals surface area (Å²) in [5.41, 5.74) is 12.8. The van der Waals surface area contributed by atoms with Crippen LogP contribution in [-0.4, -0.2) is 0 Å². The number of hydrogen-bond acceptors (Lipinski definition) is 2. The van der Waals surface area contributed by atoms with Gasteiger partial charge in [0.2, 0.25) is 0 Å². The van der Waals surface area contributed by atoms with Gasteiger partial charge < -0.3 is 9.15 Å². The lowest BCUT2D eigenvalue weighted by Crippen LogP contribution is -2.34. The maximum Gasteiger partial charge on any atom is 0.136 e. The highest BCUT2D eigenvalue weighted by Crippen LogP contribution is 2.56. The van der Waals surface area contributed by atoms with Crippen LogP contribution in [0.4, 0.5) is 0 Å². The van der Waals surface area contributed by atoms with Crippen molar-refractivity contribution in [2.24, 2.45) is 0 Å². The van der Waals surface area contributed by atoms with Crippen molar-refractivity contribution in [1.82, 2.24) is 0 Å². The Balaban J connectivity index is 1.18. The van der Waals surface area contributed by atoms with Crippen molar-refractivity contribution in [1.29, 1.82) is 0 Å². The molecule has 0 fully saturated rings. The Bertz CT molecular complexity index is 2680. The molecule has 0 radical (unpaired) electrons. The molecule has 240 valence electrons. The van der Waals surface area contributed by atoms with Crippen LogP contribution in [0.25, 0.3) is 55.3 Å². The number of para-hydroxylation sites is 2. The number of benzene rings is 8. The fourth-order valence-corrected chi connectivity index (χ4v) is 8.30. The average Bonchev–Trinajstić information content (AvgIpc) is 3.60. The molecule has 0 spiro atoms. The largest absolute Gasteiger partial charge is 0.457 e. The van der Waals surface area contributed by atoms with E-state index in [0.717, 1.165) is 77.9 Å². The van der Waals surface area contributed by atoms with E-state index >= 15 is 0 Å². The van der Waals surface area contributed by atoms with E-state index in [2.05, 4.69) is 182 Å². The predicted molar refractivity (Wildman–Crippen MR) is 208 cm³/mol. The minimum atomic E-state index is -0.552. The third kappa shape index (κ3) is 4.50. The van der Waals surface area contributed by atoms with Crippen molar-refractivity contribution in [3.63, 3.8) is 0 Å². The first kappa shape index (κ1) is 29.3. The first-order valence-electron chi connectivity index (χ1n) is 17.4. The van der Waals surface area contributed by atoms with Crippen LogP contribution in [0.5, 0.6) is 11.5 Å². The summed E-state index contributed by atoms with van der Waals surface area (Å²) in [5.74, 6) is 1.73. The lowest BCUT2D eigenvalue weighted by molar-refractivity contribution is 0.435. The SMILES string of the molecule is c1ccc(C2(c3ccccc3)c3ccccc3Oc3cc(-c4ccccc4-c4ccccc4-c4cccc5oc6ccccc6c45)ccc32)cc1. The van der Waals surface area contributed by atoms with Gasteiger partial charge >= 0.3 is 0 Å². The number of ether oxygens (including phenoxy) is 1. The van der Waals surface area contributed by atoms with Gasteiger partial charge in [-0.3, -0.25) is 0 Å². The lowest BCUT2D eigenvalue weighted by atomic mass is 9.63. The van der Waals surface area contributed by atoms with E-state index in [1.807, 2.05) is 12.1 Å². The molecule has 2 heterocycles. The molecular formula is C49H32O2. The van der Waals surface area contributed by atoms with Crippen LogP contribution in [0.3, 0.4) is 0 Å². The fourth-order valence-electron chi connectivity index (χ4n) is 8.30. The van der Waals surface area contributed by atoms with Crippen LogP contribution in [0.1, 0.15) is 22.3 Å². The smallest absolute Gasteiger partial charge is 0.136 e. The van der Waals surface area contributed by atoms with Crippen molar-refractivity contribution in [3.05, 3.63) is 216 Å². The molecule has 51 heavy (non-hydrogen) atoms. The highest BCUT2D eigenvalue weighted by molar-refractivity contribution is 6.14. The Hall–Kier alpha value is -6.64. The van der Waals surface area contributed by atoms with Gasteiger partial charge in [0.05, 0.1) is 5.41 Å². The number of fused-ring (bicyclic) bond motifs is 5. The zero-order valence-electron chi connectivity index (χ0n) is 27.8. The third-order valence-corrected chi connectivity index (χ3v) is 10.5. The minimum Gasteiger partial charge on any atom is -0.457 e. The highest BCUT2D eigenvalue weighted by atomic mass is 16.5. The van der Waals surface area contributed by atoms with Crippen molar-refractivity contribution < 1.29 is 9.15 Å². The van der Waals surface area contributed by atoms with Crippen molar-refractivity contribution >= 4 is 21.9 Å². The van der Waals surface area contributed by atoms with Crippen LogP contribution in [0, 0.1) is 0 Å². The molecule has 1 aliphatic rings. The van der Waals surface area contributed by atoms with E-state index in [-0.39, 0.29) is 0 Å². The van der Waals surface area contributed by atoms with Crippen LogP contribution in [0.2, 0.25) is 0 Å². The van der Waals surface area contributed by atoms with Crippen molar-refractivity contribution in [2.45, 2.75) is 5.41 Å². The van der Waals surface area contributed by atoms with Gasteiger partial charge in [-0.05, 0) is 68.8 Å². The van der Waals surface area contributed by atoms with Crippen molar-refractivity contribution in [2.75, 3.05) is 0 Å². The summed E-state index contributed by atoms with van der Waals surface area (Å²) in [6, 6.07) is 69.0. The maximum atomic E-state index is 6.85. The zero-order chi connectivity index (χ0) is 33.8. The Morgan fingerprint density at radius 1 is 0.353 bits per heavy atom. The molecule has 2 nitrogen and oxygen atoms in total. The molecule has 0 bridgehead atoms. The molecule has 0 unspecified atom stereocenters. The minimum absolute atomic E-state index is 0.552. The Morgan fingerprint density at radius 3 is 1.63 bits per heavy atom. The molecule has 0 N–H and O–H groups in total. The Labute approximate surface area is 296 Å². The van der Waals surface area contributed by atoms with Gasteiger partial charge in [0.25, 0.3) is 0 Å². The normalized spacial score (nSPS) is 13.0. The molecule has 0 aliphatic carbocycles. The van der Waals surface area contributed by atoms with E-state index in [1.54, 1.807) is 0 Å². The average molecular weight is 653 g/mol. The molecule has 1 aromatic heterocycles. The van der Waals surface area contributed by atoms with Gasteiger partial charge in [0.15, 0.2) is 0 Å². The van der Waals surface area contributed by atoms with Crippen molar-refractivity contribution in [3.8, 4) is 44.9 Å². The second kappa shape index (κ2) is 11.8. The van der Waals surface area contributed by atoms with E-state index < -0.39 is 5.41 Å². The van der Waals surface area contributed by atoms with Gasteiger partial charge in [-0.15, -0.1) is 0 Å². The van der Waals surface area contributed by atoms with Crippen LogP contribution in [-0.2, 0) is 5.41 Å². The zero-order valence-corrected chi connectivity index (χ0v) is 27.8.